The lowest BCUT2D eigenvalue weighted by Crippen LogP contribution is -2.37. The van der Waals surface area contributed by atoms with E-state index in [0.29, 0.717) is 77.9 Å². The highest BCUT2D eigenvalue weighted by Gasteiger charge is 2.31. The van der Waals surface area contributed by atoms with E-state index in [1.54, 1.807) is 4.90 Å². The highest BCUT2D eigenvalue weighted by molar-refractivity contribution is 5.84. The third-order valence-corrected chi connectivity index (χ3v) is 5.60. The number of hydrogen-bond donors (Lipinski definition) is 3. The van der Waals surface area contributed by atoms with Gasteiger partial charge in [-0.25, -0.2) is 0 Å². The van der Waals surface area contributed by atoms with Gasteiger partial charge in [-0.1, -0.05) is 11.2 Å². The lowest BCUT2D eigenvalue weighted by atomic mass is 9.94. The first kappa shape index (κ1) is 30.6. The second kappa shape index (κ2) is 17.8. The topological polar surface area (TPSA) is 208 Å². The fourth-order valence-corrected chi connectivity index (χ4v) is 3.82. The van der Waals surface area contributed by atoms with Crippen LogP contribution in [0.3, 0.4) is 0 Å². The van der Waals surface area contributed by atoms with Gasteiger partial charge in [-0.15, -0.1) is 0 Å². The van der Waals surface area contributed by atoms with Crippen LogP contribution in [0.1, 0.15) is 24.0 Å². The highest BCUT2D eigenvalue weighted by atomic mass is 16.5. The fourth-order valence-electron chi connectivity index (χ4n) is 3.82. The van der Waals surface area contributed by atoms with Crippen LogP contribution >= 0.6 is 0 Å². The van der Waals surface area contributed by atoms with Crippen LogP contribution in [0, 0.1) is 5.92 Å². The zero-order valence-corrected chi connectivity index (χ0v) is 21.5. The van der Waals surface area contributed by atoms with Gasteiger partial charge in [0.05, 0.1) is 58.6 Å². The number of ether oxygens (including phenoxy) is 4. The summed E-state index contributed by atoms with van der Waals surface area (Å²) in [4.78, 5) is 32.7. The van der Waals surface area contributed by atoms with Crippen LogP contribution in [0.25, 0.3) is 10.4 Å². The zero-order valence-electron chi connectivity index (χ0n) is 21.5. The molecule has 0 aliphatic carbocycles. The van der Waals surface area contributed by atoms with Crippen molar-refractivity contribution in [3.05, 3.63) is 39.8 Å². The maximum absolute atomic E-state index is 13.1. The molecule has 0 spiro atoms. The van der Waals surface area contributed by atoms with E-state index < -0.39 is 11.9 Å². The molecule has 1 aliphatic heterocycles. The van der Waals surface area contributed by atoms with Gasteiger partial charge in [-0.05, 0) is 35.2 Å². The number of nitrogens with two attached hydrogens (primary N) is 2. The molecule has 0 saturated carbocycles. The van der Waals surface area contributed by atoms with Crippen LogP contribution in [0.2, 0.25) is 0 Å². The number of nitrogens with zero attached hydrogens (tertiary/aromatic N) is 5. The SMILES string of the molecule is [N-]=[N+]=NCCOCCOCCOCCN1Cc2cc(OCCCN=C(N)N)ccc2C[C@@H](CC(=O)O)C1=O. The molecule has 1 aromatic carbocycles. The van der Waals surface area contributed by atoms with Crippen LogP contribution in [0.4, 0.5) is 0 Å². The van der Waals surface area contributed by atoms with Crippen LogP contribution in [-0.2, 0) is 36.8 Å². The summed E-state index contributed by atoms with van der Waals surface area (Å²) in [5.41, 5.74) is 20.7. The summed E-state index contributed by atoms with van der Waals surface area (Å²) in [6.07, 6.45) is 0.755. The normalized spacial score (nSPS) is 14.8. The Morgan fingerprint density at radius 2 is 1.76 bits per heavy atom. The molecule has 1 heterocycles. The first-order chi connectivity index (χ1) is 18.4. The third-order valence-electron chi connectivity index (χ3n) is 5.60. The lowest BCUT2D eigenvalue weighted by molar-refractivity contribution is -0.145. The molecule has 1 amide bonds. The number of aliphatic imine (C=N–C) groups is 1. The number of carbonyl (C=O) groups is 2. The second-order valence-corrected chi connectivity index (χ2v) is 8.49. The van der Waals surface area contributed by atoms with Crippen LogP contribution in [-0.4, -0.2) is 93.7 Å². The van der Waals surface area contributed by atoms with Crippen molar-refractivity contribution < 1.29 is 33.6 Å². The first-order valence-corrected chi connectivity index (χ1v) is 12.5. The molecule has 14 nitrogen and oxygen atoms in total. The van der Waals surface area contributed by atoms with E-state index >= 15 is 0 Å². The van der Waals surface area contributed by atoms with Crippen molar-refractivity contribution in [1.82, 2.24) is 4.90 Å². The van der Waals surface area contributed by atoms with Gasteiger partial charge >= 0.3 is 5.97 Å². The van der Waals surface area contributed by atoms with Crippen molar-refractivity contribution in [2.75, 3.05) is 65.9 Å². The molecule has 1 aliphatic rings. The van der Waals surface area contributed by atoms with Crippen molar-refractivity contribution in [1.29, 1.82) is 0 Å². The summed E-state index contributed by atoms with van der Waals surface area (Å²) in [7, 11) is 0. The van der Waals surface area contributed by atoms with Crippen molar-refractivity contribution in [2.24, 2.45) is 27.5 Å². The average Bonchev–Trinajstić information content (AvgIpc) is 3.00. The molecule has 1 atom stereocenters. The number of fused-ring (bicyclic) bond motifs is 1. The predicted octanol–water partition coefficient (Wildman–Crippen LogP) is 1.06. The number of amides is 1. The number of azide groups is 1. The van der Waals surface area contributed by atoms with Gasteiger partial charge in [-0.2, -0.15) is 0 Å². The van der Waals surface area contributed by atoms with E-state index in [1.165, 1.54) is 0 Å². The molecule has 14 heteroatoms. The van der Waals surface area contributed by atoms with Gasteiger partial charge in [0.2, 0.25) is 5.91 Å². The Hall–Kier alpha value is -3.58. The van der Waals surface area contributed by atoms with E-state index in [0.717, 1.165) is 11.1 Å². The Labute approximate surface area is 221 Å². The number of rotatable bonds is 19. The molecular weight excluding hydrogens is 498 g/mol. The predicted molar refractivity (Wildman–Crippen MR) is 139 cm³/mol. The molecule has 210 valence electrons. The summed E-state index contributed by atoms with van der Waals surface area (Å²) < 4.78 is 22.1. The van der Waals surface area contributed by atoms with E-state index in [1.807, 2.05) is 18.2 Å². The lowest BCUT2D eigenvalue weighted by Gasteiger charge is -2.24. The van der Waals surface area contributed by atoms with Gasteiger partial charge in [0.1, 0.15) is 5.75 Å². The smallest absolute Gasteiger partial charge is 0.304 e. The Morgan fingerprint density at radius 1 is 1.05 bits per heavy atom. The van der Waals surface area contributed by atoms with Crippen LogP contribution in [0.15, 0.2) is 28.3 Å². The number of hydrogen-bond acceptors (Lipinski definition) is 8. The largest absolute Gasteiger partial charge is 0.494 e. The molecule has 0 aromatic heterocycles. The standard InChI is InChI=1S/C24H37N7O7/c25-24(26)28-4-1-7-38-21-3-2-18-14-19(16-22(32)33)23(34)31(17-20(18)15-21)6-9-36-11-13-37-12-10-35-8-5-29-30-27/h2-3,15,19H,1,4-14,16-17H2,(H,32,33)(H4,25,26,28)/t19-/m0/s1. The van der Waals surface area contributed by atoms with E-state index in [9.17, 15) is 14.7 Å². The molecule has 0 radical (unpaired) electrons. The number of guanidine groups is 1. The minimum absolute atomic E-state index is 0.0391. The van der Waals surface area contributed by atoms with Gasteiger partial charge in [0, 0.05) is 37.5 Å². The van der Waals surface area contributed by atoms with E-state index in [4.69, 9.17) is 35.9 Å². The molecule has 2 rings (SSSR count). The molecule has 0 saturated heterocycles. The maximum atomic E-state index is 13.1. The quantitative estimate of drug-likeness (QED) is 0.0577. The summed E-state index contributed by atoms with van der Waals surface area (Å²) in [5.74, 6) is -1.17. The zero-order chi connectivity index (χ0) is 27.6. The monoisotopic (exact) mass is 535 g/mol. The van der Waals surface area contributed by atoms with Crippen LogP contribution in [0.5, 0.6) is 5.75 Å². The summed E-state index contributed by atoms with van der Waals surface area (Å²) in [6.45, 7) is 3.93. The third kappa shape index (κ3) is 12.1. The highest BCUT2D eigenvalue weighted by Crippen LogP contribution is 2.28. The van der Waals surface area contributed by atoms with E-state index in [-0.39, 0.29) is 31.4 Å². The molecule has 1 aromatic rings. The van der Waals surface area contributed by atoms with Gasteiger partial charge < -0.3 is 40.4 Å². The molecule has 5 N–H and O–H groups in total. The summed E-state index contributed by atoms with van der Waals surface area (Å²) in [6, 6.07) is 5.61. The van der Waals surface area contributed by atoms with Crippen molar-refractivity contribution >= 4 is 17.8 Å². The average molecular weight is 536 g/mol. The molecule has 0 fully saturated rings. The van der Waals surface area contributed by atoms with Gasteiger partial charge in [0.15, 0.2) is 5.96 Å². The van der Waals surface area contributed by atoms with Gasteiger partial charge in [0.25, 0.3) is 0 Å². The number of carbonyl (C=O) groups excluding carboxylic acids is 1. The number of aliphatic carboxylic acids is 1. The minimum atomic E-state index is -1.01. The maximum Gasteiger partial charge on any atom is 0.304 e. The van der Waals surface area contributed by atoms with Crippen molar-refractivity contribution in [3.63, 3.8) is 0 Å². The first-order valence-electron chi connectivity index (χ1n) is 12.5. The van der Waals surface area contributed by atoms with E-state index in [2.05, 4.69) is 15.0 Å². The second-order valence-electron chi connectivity index (χ2n) is 8.49. The Bertz CT molecular complexity index is 965. The molecule has 38 heavy (non-hydrogen) atoms. The summed E-state index contributed by atoms with van der Waals surface area (Å²) in [5, 5.41) is 12.7. The van der Waals surface area contributed by atoms with Gasteiger partial charge in [-0.3, -0.25) is 14.6 Å². The molecule has 0 unspecified atom stereocenters. The Balaban J connectivity index is 1.84. The number of benzene rings is 1. The van der Waals surface area contributed by atoms with Crippen LogP contribution < -0.4 is 16.2 Å². The van der Waals surface area contributed by atoms with Crippen molar-refractivity contribution in [3.8, 4) is 5.75 Å². The molecule has 0 bridgehead atoms. The Kier molecular flexibility index (Phi) is 14.4. The number of carboxylic acids is 1. The molecular formula is C24H37N7O7. The minimum Gasteiger partial charge on any atom is -0.494 e. The summed E-state index contributed by atoms with van der Waals surface area (Å²) >= 11 is 0. The number of carboxylic acid groups (broad SMARTS) is 1. The fraction of sp³-hybridized carbons (Fsp3) is 0.625. The van der Waals surface area contributed by atoms with Crippen molar-refractivity contribution in [2.45, 2.75) is 25.8 Å². The Morgan fingerprint density at radius 3 is 2.45 bits per heavy atom.